The third kappa shape index (κ3) is 7.91. The first kappa shape index (κ1) is 29.4. The highest BCUT2D eigenvalue weighted by atomic mass is 79.9. The topological polar surface area (TPSA) is 86.8 Å². The van der Waals surface area contributed by atoms with Crippen molar-refractivity contribution in [2.75, 3.05) is 23.7 Å². The molecule has 9 heteroatoms. The number of benzene rings is 3. The van der Waals surface area contributed by atoms with Gasteiger partial charge in [-0.3, -0.25) is 13.9 Å². The van der Waals surface area contributed by atoms with Gasteiger partial charge in [0.25, 0.3) is 0 Å². The van der Waals surface area contributed by atoms with Crippen molar-refractivity contribution in [3.63, 3.8) is 0 Å². The third-order valence-corrected chi connectivity index (χ3v) is 8.23. The average molecular weight is 601 g/mol. The number of nitrogens with zero attached hydrogens (tertiary/aromatic N) is 2. The van der Waals surface area contributed by atoms with Gasteiger partial charge < -0.3 is 10.2 Å². The molecule has 0 spiro atoms. The van der Waals surface area contributed by atoms with Gasteiger partial charge in [0.05, 0.1) is 11.9 Å². The lowest BCUT2D eigenvalue weighted by molar-refractivity contribution is -0.140. The van der Waals surface area contributed by atoms with Gasteiger partial charge in [-0.15, -0.1) is 0 Å². The summed E-state index contributed by atoms with van der Waals surface area (Å²) >= 11 is 3.44. The van der Waals surface area contributed by atoms with Crippen LogP contribution >= 0.6 is 15.9 Å². The normalized spacial score (nSPS) is 12.0. The van der Waals surface area contributed by atoms with Gasteiger partial charge in [-0.05, 0) is 55.7 Å². The minimum absolute atomic E-state index is 0.157. The van der Waals surface area contributed by atoms with Crippen LogP contribution in [0.3, 0.4) is 0 Å². The Labute approximate surface area is 234 Å². The Morgan fingerprint density at radius 1 is 0.947 bits per heavy atom. The van der Waals surface area contributed by atoms with Crippen LogP contribution in [0.15, 0.2) is 77.3 Å². The molecule has 0 fully saturated rings. The number of aryl methyl sites for hydroxylation is 2. The van der Waals surface area contributed by atoms with Crippen LogP contribution in [0.4, 0.5) is 5.69 Å². The molecule has 2 amide bonds. The molecule has 0 saturated carbocycles. The Bertz CT molecular complexity index is 1360. The van der Waals surface area contributed by atoms with Gasteiger partial charge in [-0.2, -0.15) is 0 Å². The molecule has 1 N–H and O–H groups in total. The summed E-state index contributed by atoms with van der Waals surface area (Å²) < 4.78 is 27.6. The van der Waals surface area contributed by atoms with Crippen molar-refractivity contribution in [3.05, 3.63) is 99.5 Å². The monoisotopic (exact) mass is 599 g/mol. The second-order valence-electron chi connectivity index (χ2n) is 9.31. The zero-order valence-corrected chi connectivity index (χ0v) is 24.6. The molecule has 0 unspecified atom stereocenters. The number of hydrogen-bond acceptors (Lipinski definition) is 4. The number of carbonyl (C=O) groups is 2. The highest BCUT2D eigenvalue weighted by Gasteiger charge is 2.32. The molecule has 3 rings (SSSR count). The summed E-state index contributed by atoms with van der Waals surface area (Å²) in [6.45, 7) is 5.78. The summed E-state index contributed by atoms with van der Waals surface area (Å²) in [6, 6.07) is 21.5. The molecule has 0 saturated heterocycles. The summed E-state index contributed by atoms with van der Waals surface area (Å²) in [5.41, 5.74) is 4.04. The molecule has 1 atom stereocenters. The van der Waals surface area contributed by atoms with Crippen LogP contribution in [0.1, 0.15) is 29.2 Å². The number of anilines is 1. The summed E-state index contributed by atoms with van der Waals surface area (Å²) in [7, 11) is -3.80. The fraction of sp³-hybridized carbons (Fsp3) is 0.310. The minimum Gasteiger partial charge on any atom is -0.355 e. The predicted molar refractivity (Wildman–Crippen MR) is 155 cm³/mol. The number of nitrogens with one attached hydrogen (secondary N) is 1. The molecule has 7 nitrogen and oxygen atoms in total. The Morgan fingerprint density at radius 2 is 1.61 bits per heavy atom. The first-order chi connectivity index (χ1) is 18.0. The summed E-state index contributed by atoms with van der Waals surface area (Å²) in [6.07, 6.45) is 1.37. The second kappa shape index (κ2) is 13.1. The Morgan fingerprint density at radius 3 is 2.18 bits per heavy atom. The Kier molecular flexibility index (Phi) is 10.1. The Hall–Kier alpha value is -3.17. The molecule has 0 heterocycles. The maximum absolute atomic E-state index is 14.0. The van der Waals surface area contributed by atoms with Crippen molar-refractivity contribution in [1.29, 1.82) is 0 Å². The summed E-state index contributed by atoms with van der Waals surface area (Å²) in [4.78, 5) is 28.8. The van der Waals surface area contributed by atoms with E-state index >= 15 is 0 Å². The third-order valence-electron chi connectivity index (χ3n) is 6.20. The zero-order valence-electron chi connectivity index (χ0n) is 22.1. The van der Waals surface area contributed by atoms with E-state index in [1.807, 2.05) is 75.4 Å². The number of halogens is 1. The van der Waals surface area contributed by atoms with Crippen molar-refractivity contribution in [2.45, 2.75) is 39.8 Å². The summed E-state index contributed by atoms with van der Waals surface area (Å²) in [5, 5.41) is 2.86. The fourth-order valence-corrected chi connectivity index (χ4v) is 5.22. The molecule has 0 aromatic heterocycles. The first-order valence-corrected chi connectivity index (χ1v) is 15.0. The highest BCUT2D eigenvalue weighted by molar-refractivity contribution is 9.10. The maximum atomic E-state index is 14.0. The van der Waals surface area contributed by atoms with E-state index in [2.05, 4.69) is 21.2 Å². The van der Waals surface area contributed by atoms with Gasteiger partial charge >= 0.3 is 0 Å². The minimum atomic E-state index is -3.80. The smallest absolute Gasteiger partial charge is 0.244 e. The number of rotatable bonds is 11. The number of likely N-dealkylation sites (N-methyl/N-ethyl adjacent to an activating group) is 1. The number of sulfonamides is 1. The number of carbonyl (C=O) groups excluding carboxylic acids is 2. The van der Waals surface area contributed by atoms with E-state index in [-0.39, 0.29) is 12.5 Å². The van der Waals surface area contributed by atoms with Gasteiger partial charge in [0.1, 0.15) is 12.6 Å². The SMILES string of the molecule is CCNC(=O)[C@H](Cc1ccccc1)N(Cc1ccc(C)cc1)C(=O)CN(c1ccc(Br)c(C)c1)S(C)(=O)=O. The van der Waals surface area contributed by atoms with Crippen LogP contribution in [0, 0.1) is 13.8 Å². The van der Waals surface area contributed by atoms with E-state index in [1.54, 1.807) is 18.2 Å². The first-order valence-electron chi connectivity index (χ1n) is 12.4. The van der Waals surface area contributed by atoms with Crippen LogP contribution in [0.25, 0.3) is 0 Å². The van der Waals surface area contributed by atoms with Gasteiger partial charge in [0.2, 0.25) is 21.8 Å². The van der Waals surface area contributed by atoms with E-state index in [1.165, 1.54) is 4.90 Å². The second-order valence-corrected chi connectivity index (χ2v) is 12.1. The highest BCUT2D eigenvalue weighted by Crippen LogP contribution is 2.25. The van der Waals surface area contributed by atoms with Gasteiger partial charge in [-0.25, -0.2) is 8.42 Å². The maximum Gasteiger partial charge on any atom is 0.244 e. The van der Waals surface area contributed by atoms with E-state index in [9.17, 15) is 18.0 Å². The number of amides is 2. The predicted octanol–water partition coefficient (Wildman–Crippen LogP) is 4.61. The lowest BCUT2D eigenvalue weighted by Crippen LogP contribution is -2.53. The average Bonchev–Trinajstić information content (AvgIpc) is 2.87. The van der Waals surface area contributed by atoms with Crippen LogP contribution < -0.4 is 9.62 Å². The molecule has 38 heavy (non-hydrogen) atoms. The van der Waals surface area contributed by atoms with Crippen LogP contribution in [-0.2, 0) is 32.6 Å². The van der Waals surface area contributed by atoms with Crippen molar-refractivity contribution in [2.24, 2.45) is 0 Å². The summed E-state index contributed by atoms with van der Waals surface area (Å²) in [5.74, 6) is -0.758. The van der Waals surface area contributed by atoms with E-state index < -0.39 is 28.5 Å². The van der Waals surface area contributed by atoms with Crippen molar-refractivity contribution >= 4 is 43.5 Å². The molecular weight excluding hydrogens is 566 g/mol. The zero-order chi connectivity index (χ0) is 27.9. The standard InChI is InChI=1S/C29H34BrN3O4S/c1-5-31-29(35)27(18-23-9-7-6-8-10-23)32(19-24-13-11-21(2)12-14-24)28(34)20-33(38(4,36)37)25-15-16-26(30)22(3)17-25/h6-17,27H,5,18-20H2,1-4H3,(H,31,35)/t27-/m0/s1. The van der Waals surface area contributed by atoms with Crippen LogP contribution in [0.2, 0.25) is 0 Å². The fourth-order valence-electron chi connectivity index (χ4n) is 4.13. The van der Waals surface area contributed by atoms with Gasteiger partial charge in [0.15, 0.2) is 0 Å². The Balaban J connectivity index is 2.04. The number of hydrogen-bond donors (Lipinski definition) is 1. The molecule has 0 bridgehead atoms. The lowest BCUT2D eigenvalue weighted by atomic mass is 10.0. The molecular formula is C29H34BrN3O4S. The van der Waals surface area contributed by atoms with E-state index in [4.69, 9.17) is 0 Å². The molecule has 0 aliphatic heterocycles. The van der Waals surface area contributed by atoms with Gasteiger partial charge in [0, 0.05) is 24.0 Å². The molecule has 3 aromatic carbocycles. The molecule has 202 valence electrons. The van der Waals surface area contributed by atoms with Crippen LogP contribution in [0.5, 0.6) is 0 Å². The van der Waals surface area contributed by atoms with Crippen molar-refractivity contribution < 1.29 is 18.0 Å². The van der Waals surface area contributed by atoms with Crippen molar-refractivity contribution in [3.8, 4) is 0 Å². The molecule has 0 aliphatic rings. The van der Waals surface area contributed by atoms with Crippen LogP contribution in [-0.4, -0.2) is 50.5 Å². The van der Waals surface area contributed by atoms with Crippen molar-refractivity contribution in [1.82, 2.24) is 10.2 Å². The van der Waals surface area contributed by atoms with Gasteiger partial charge in [-0.1, -0.05) is 76.1 Å². The molecule has 0 aliphatic carbocycles. The largest absolute Gasteiger partial charge is 0.355 e. The van der Waals surface area contributed by atoms with E-state index in [0.717, 1.165) is 37.3 Å². The molecule has 3 aromatic rings. The quantitative estimate of drug-likeness (QED) is 0.349. The lowest BCUT2D eigenvalue weighted by Gasteiger charge is -2.33. The molecule has 0 radical (unpaired) electrons. The van der Waals surface area contributed by atoms with E-state index in [0.29, 0.717) is 18.7 Å².